The molecule has 1 unspecified atom stereocenters. The molecule has 0 aliphatic carbocycles. The summed E-state index contributed by atoms with van der Waals surface area (Å²) >= 11 is 0. The van der Waals surface area contributed by atoms with Gasteiger partial charge in [0, 0.05) is 38.3 Å². The molecule has 1 aromatic rings. The van der Waals surface area contributed by atoms with Gasteiger partial charge in [-0.25, -0.2) is 9.97 Å². The van der Waals surface area contributed by atoms with Crippen molar-refractivity contribution in [3.05, 3.63) is 30.7 Å². The number of ether oxygens (including phenoxy) is 1. The average Bonchev–Trinajstić information content (AvgIpc) is 2.67. The highest BCUT2D eigenvalue weighted by molar-refractivity contribution is 5.82. The first-order valence-electron chi connectivity index (χ1n) is 8.44. The Balaban J connectivity index is 1.62. The number of anilines is 1. The molecule has 2 aliphatic rings. The van der Waals surface area contributed by atoms with Crippen molar-refractivity contribution in [1.29, 1.82) is 0 Å². The highest BCUT2D eigenvalue weighted by Gasteiger charge is 2.28. The van der Waals surface area contributed by atoms with Crippen molar-refractivity contribution in [2.75, 3.05) is 44.3 Å². The van der Waals surface area contributed by atoms with E-state index in [4.69, 9.17) is 9.72 Å². The standard InChI is InChI=1S/C17H24N4O3/c1-2-14(22)17(23)21-7-4-13(5-8-21)16-18-6-3-15(19-16)20-9-11-24-12-10-20/h2-3,6,13-14,22H,1,4-5,7-12H2. The Morgan fingerprint density at radius 1 is 1.33 bits per heavy atom. The molecule has 0 radical (unpaired) electrons. The van der Waals surface area contributed by atoms with Gasteiger partial charge in [0.25, 0.3) is 5.91 Å². The van der Waals surface area contributed by atoms with E-state index in [1.165, 1.54) is 6.08 Å². The fourth-order valence-corrected chi connectivity index (χ4v) is 3.18. The van der Waals surface area contributed by atoms with Crippen LogP contribution in [0, 0.1) is 0 Å². The molecule has 1 amide bonds. The second kappa shape index (κ2) is 7.72. The van der Waals surface area contributed by atoms with Crippen LogP contribution >= 0.6 is 0 Å². The molecular formula is C17H24N4O3. The summed E-state index contributed by atoms with van der Waals surface area (Å²) in [4.78, 5) is 25.1. The first-order chi connectivity index (χ1) is 11.7. The number of rotatable bonds is 4. The van der Waals surface area contributed by atoms with Gasteiger partial charge in [-0.15, -0.1) is 0 Å². The zero-order valence-corrected chi connectivity index (χ0v) is 13.8. The van der Waals surface area contributed by atoms with E-state index in [1.54, 1.807) is 4.90 Å². The van der Waals surface area contributed by atoms with Gasteiger partial charge in [0.15, 0.2) is 6.10 Å². The van der Waals surface area contributed by atoms with Gasteiger partial charge >= 0.3 is 0 Å². The van der Waals surface area contributed by atoms with Crippen LogP contribution < -0.4 is 4.90 Å². The largest absolute Gasteiger partial charge is 0.379 e. The third-order valence-electron chi connectivity index (χ3n) is 4.64. The molecule has 130 valence electrons. The monoisotopic (exact) mass is 332 g/mol. The number of aromatic nitrogens is 2. The van der Waals surface area contributed by atoms with Crippen LogP contribution in [0.5, 0.6) is 0 Å². The van der Waals surface area contributed by atoms with Gasteiger partial charge in [-0.3, -0.25) is 4.79 Å². The van der Waals surface area contributed by atoms with E-state index in [2.05, 4.69) is 16.5 Å². The van der Waals surface area contributed by atoms with E-state index in [0.717, 1.165) is 50.8 Å². The summed E-state index contributed by atoms with van der Waals surface area (Å²) in [5.41, 5.74) is 0. The Labute approximate surface area is 142 Å². The van der Waals surface area contributed by atoms with Crippen molar-refractivity contribution < 1.29 is 14.6 Å². The van der Waals surface area contributed by atoms with Crippen molar-refractivity contribution in [3.63, 3.8) is 0 Å². The summed E-state index contributed by atoms with van der Waals surface area (Å²) < 4.78 is 5.38. The number of carbonyl (C=O) groups excluding carboxylic acids is 1. The SMILES string of the molecule is C=CC(O)C(=O)N1CCC(c2nccc(N3CCOCC3)n2)CC1. The molecule has 0 bridgehead atoms. The van der Waals surface area contributed by atoms with Crippen LogP contribution in [0.15, 0.2) is 24.9 Å². The van der Waals surface area contributed by atoms with E-state index >= 15 is 0 Å². The van der Waals surface area contributed by atoms with Crippen LogP contribution in [0.2, 0.25) is 0 Å². The number of likely N-dealkylation sites (tertiary alicyclic amines) is 1. The van der Waals surface area contributed by atoms with Gasteiger partial charge in [0.2, 0.25) is 0 Å². The topological polar surface area (TPSA) is 78.8 Å². The molecule has 7 nitrogen and oxygen atoms in total. The van der Waals surface area contributed by atoms with Crippen LogP contribution in [0.3, 0.4) is 0 Å². The minimum atomic E-state index is -1.11. The van der Waals surface area contributed by atoms with Crippen LogP contribution in [-0.4, -0.2) is 71.4 Å². The van der Waals surface area contributed by atoms with Gasteiger partial charge in [-0.2, -0.15) is 0 Å². The van der Waals surface area contributed by atoms with Crippen molar-refractivity contribution in [3.8, 4) is 0 Å². The van der Waals surface area contributed by atoms with Crippen LogP contribution in [-0.2, 0) is 9.53 Å². The van der Waals surface area contributed by atoms with E-state index in [-0.39, 0.29) is 11.8 Å². The zero-order valence-electron chi connectivity index (χ0n) is 13.8. The van der Waals surface area contributed by atoms with Gasteiger partial charge < -0.3 is 19.6 Å². The second-order valence-corrected chi connectivity index (χ2v) is 6.15. The summed E-state index contributed by atoms with van der Waals surface area (Å²) in [6.07, 6.45) is 3.59. The maximum atomic E-state index is 12.0. The van der Waals surface area contributed by atoms with Gasteiger partial charge in [0.1, 0.15) is 11.6 Å². The second-order valence-electron chi connectivity index (χ2n) is 6.15. The van der Waals surface area contributed by atoms with E-state index in [1.807, 2.05) is 12.3 Å². The smallest absolute Gasteiger partial charge is 0.255 e. The Bertz CT molecular complexity index is 581. The van der Waals surface area contributed by atoms with E-state index in [0.29, 0.717) is 13.1 Å². The van der Waals surface area contributed by atoms with E-state index < -0.39 is 6.10 Å². The van der Waals surface area contributed by atoms with E-state index in [9.17, 15) is 9.90 Å². The normalized spacial score (nSPS) is 20.7. The lowest BCUT2D eigenvalue weighted by Gasteiger charge is -2.33. The Kier molecular flexibility index (Phi) is 5.42. The number of piperidine rings is 1. The van der Waals surface area contributed by atoms with Gasteiger partial charge in [-0.1, -0.05) is 12.7 Å². The molecule has 1 N–H and O–H groups in total. The van der Waals surface area contributed by atoms with Crippen molar-refractivity contribution in [2.24, 2.45) is 0 Å². The minimum Gasteiger partial charge on any atom is -0.379 e. The predicted molar refractivity (Wildman–Crippen MR) is 89.8 cm³/mol. The Hall–Kier alpha value is -1.99. The maximum absolute atomic E-state index is 12.0. The Morgan fingerprint density at radius 2 is 2.04 bits per heavy atom. The summed E-state index contributed by atoms with van der Waals surface area (Å²) in [7, 11) is 0. The lowest BCUT2D eigenvalue weighted by molar-refractivity contribution is -0.138. The highest BCUT2D eigenvalue weighted by Crippen LogP contribution is 2.27. The summed E-state index contributed by atoms with van der Waals surface area (Å²) in [6.45, 7) is 7.84. The molecule has 2 saturated heterocycles. The fourth-order valence-electron chi connectivity index (χ4n) is 3.18. The fraction of sp³-hybridized carbons (Fsp3) is 0.588. The highest BCUT2D eigenvalue weighted by atomic mass is 16.5. The number of amides is 1. The Morgan fingerprint density at radius 3 is 2.71 bits per heavy atom. The summed E-state index contributed by atoms with van der Waals surface area (Å²) in [6, 6.07) is 1.94. The summed E-state index contributed by atoms with van der Waals surface area (Å²) in [5.74, 6) is 1.77. The zero-order chi connectivity index (χ0) is 16.9. The lowest BCUT2D eigenvalue weighted by Crippen LogP contribution is -2.43. The first-order valence-corrected chi connectivity index (χ1v) is 8.44. The van der Waals surface area contributed by atoms with Gasteiger partial charge in [-0.05, 0) is 18.9 Å². The molecule has 0 aromatic carbocycles. The number of hydrogen-bond acceptors (Lipinski definition) is 6. The van der Waals surface area contributed by atoms with Crippen molar-refractivity contribution in [2.45, 2.75) is 24.9 Å². The van der Waals surface area contributed by atoms with Crippen molar-refractivity contribution in [1.82, 2.24) is 14.9 Å². The third-order valence-corrected chi connectivity index (χ3v) is 4.64. The molecule has 0 spiro atoms. The quantitative estimate of drug-likeness (QED) is 0.812. The number of carbonyl (C=O) groups is 1. The minimum absolute atomic E-state index is 0.246. The van der Waals surface area contributed by atoms with Crippen LogP contribution in [0.25, 0.3) is 0 Å². The molecule has 1 aromatic heterocycles. The van der Waals surface area contributed by atoms with Gasteiger partial charge in [0.05, 0.1) is 13.2 Å². The lowest BCUT2D eigenvalue weighted by atomic mass is 9.95. The average molecular weight is 332 g/mol. The van der Waals surface area contributed by atoms with Crippen LogP contribution in [0.1, 0.15) is 24.6 Å². The molecule has 2 fully saturated rings. The number of hydrogen-bond donors (Lipinski definition) is 1. The molecule has 3 heterocycles. The molecule has 2 aliphatic heterocycles. The van der Waals surface area contributed by atoms with Crippen LogP contribution in [0.4, 0.5) is 5.82 Å². The molecule has 7 heteroatoms. The van der Waals surface area contributed by atoms with Crippen molar-refractivity contribution >= 4 is 11.7 Å². The number of nitrogens with zero attached hydrogens (tertiary/aromatic N) is 4. The first kappa shape index (κ1) is 16.9. The molecular weight excluding hydrogens is 308 g/mol. The molecule has 0 saturated carbocycles. The number of morpholine rings is 1. The molecule has 3 rings (SSSR count). The molecule has 24 heavy (non-hydrogen) atoms. The molecule has 1 atom stereocenters. The maximum Gasteiger partial charge on any atom is 0.255 e. The third kappa shape index (κ3) is 3.73. The summed E-state index contributed by atoms with van der Waals surface area (Å²) in [5, 5.41) is 9.59. The number of aliphatic hydroxyl groups is 1. The number of aliphatic hydroxyl groups excluding tert-OH is 1. The predicted octanol–water partition coefficient (Wildman–Crippen LogP) is 0.566.